The van der Waals surface area contributed by atoms with Crippen molar-refractivity contribution < 1.29 is 38.2 Å². The molecule has 1 fully saturated rings. The lowest BCUT2D eigenvalue weighted by atomic mass is 10.1. The summed E-state index contributed by atoms with van der Waals surface area (Å²) in [5, 5.41) is 3.62. The average molecular weight is 512 g/mol. The molecular weight excluding hydrogens is 482 g/mol. The topological polar surface area (TPSA) is 140 Å². The highest BCUT2D eigenvalue weighted by Gasteiger charge is 2.37. The molecule has 0 aliphatic carbocycles. The number of hydrogen-bond acceptors (Lipinski definition) is 8. The van der Waals surface area contributed by atoms with E-state index in [9.17, 15) is 24.0 Å². The normalized spacial score (nSPS) is 14.6. The summed E-state index contributed by atoms with van der Waals surface area (Å²) in [7, 11) is 1.43. The molecule has 1 aliphatic heterocycles. The number of esters is 2. The standard InChI is InChI=1S/C26H29N3O8/c1-3-4-13-36-25(33)17-9-11-19(12-10-17)27-22(30)16-37-26(34)18-14-23(31)29(15-18)28-24(32)20-7-5-6-8-21(20)35-2/h5-12,18H,3-4,13-16H2,1-2H3,(H,27,30)(H,28,32)/t18-/m1/s1. The molecule has 1 saturated heterocycles. The van der Waals surface area contributed by atoms with Gasteiger partial charge in [0.15, 0.2) is 6.61 Å². The average Bonchev–Trinajstić information content (AvgIpc) is 3.27. The minimum Gasteiger partial charge on any atom is -0.496 e. The van der Waals surface area contributed by atoms with Crippen molar-refractivity contribution in [3.63, 3.8) is 0 Å². The third-order valence-electron chi connectivity index (χ3n) is 5.53. The number of rotatable bonds is 11. The number of ether oxygens (including phenoxy) is 3. The van der Waals surface area contributed by atoms with E-state index >= 15 is 0 Å². The van der Waals surface area contributed by atoms with Gasteiger partial charge in [-0.1, -0.05) is 25.5 Å². The molecule has 2 aromatic carbocycles. The molecule has 196 valence electrons. The maximum absolute atomic E-state index is 12.5. The fourth-order valence-corrected chi connectivity index (χ4v) is 3.52. The van der Waals surface area contributed by atoms with Crippen LogP contribution in [0.15, 0.2) is 48.5 Å². The number of amides is 3. The van der Waals surface area contributed by atoms with Crippen molar-refractivity contribution in [2.75, 3.05) is 32.2 Å². The van der Waals surface area contributed by atoms with Crippen LogP contribution in [0.25, 0.3) is 0 Å². The molecule has 2 aromatic rings. The predicted octanol–water partition coefficient (Wildman–Crippen LogP) is 2.33. The van der Waals surface area contributed by atoms with Crippen LogP contribution < -0.4 is 15.5 Å². The second kappa shape index (κ2) is 13.1. The molecule has 37 heavy (non-hydrogen) atoms. The lowest BCUT2D eigenvalue weighted by Crippen LogP contribution is -2.43. The van der Waals surface area contributed by atoms with Crippen molar-refractivity contribution in [3.8, 4) is 5.75 Å². The Kier molecular flexibility index (Phi) is 9.59. The molecule has 1 heterocycles. The number of nitrogens with one attached hydrogen (secondary N) is 2. The minimum absolute atomic E-state index is 0.0873. The van der Waals surface area contributed by atoms with Crippen LogP contribution in [0.1, 0.15) is 46.9 Å². The third kappa shape index (κ3) is 7.53. The molecule has 11 nitrogen and oxygen atoms in total. The van der Waals surface area contributed by atoms with Crippen LogP contribution in [0.2, 0.25) is 0 Å². The van der Waals surface area contributed by atoms with Gasteiger partial charge >= 0.3 is 11.9 Å². The molecule has 11 heteroatoms. The summed E-state index contributed by atoms with van der Waals surface area (Å²) >= 11 is 0. The number of nitrogens with zero attached hydrogens (tertiary/aromatic N) is 1. The first-order chi connectivity index (χ1) is 17.8. The SMILES string of the molecule is CCCCOC(=O)c1ccc(NC(=O)COC(=O)[C@@H]2CC(=O)N(NC(=O)c3ccccc3OC)C2)cc1. The summed E-state index contributed by atoms with van der Waals surface area (Å²) in [6.45, 7) is 1.69. The van der Waals surface area contributed by atoms with E-state index in [0.717, 1.165) is 17.9 Å². The largest absolute Gasteiger partial charge is 0.496 e. The summed E-state index contributed by atoms with van der Waals surface area (Å²) in [6.07, 6.45) is 1.53. The Labute approximate surface area is 214 Å². The zero-order valence-corrected chi connectivity index (χ0v) is 20.7. The Morgan fingerprint density at radius 2 is 1.76 bits per heavy atom. The van der Waals surface area contributed by atoms with Crippen LogP contribution >= 0.6 is 0 Å². The molecule has 0 unspecified atom stereocenters. The number of para-hydroxylation sites is 1. The van der Waals surface area contributed by atoms with E-state index in [-0.39, 0.29) is 18.5 Å². The van der Waals surface area contributed by atoms with E-state index in [1.165, 1.54) is 31.4 Å². The first-order valence-electron chi connectivity index (χ1n) is 11.8. The van der Waals surface area contributed by atoms with Gasteiger partial charge in [0.25, 0.3) is 11.8 Å². The van der Waals surface area contributed by atoms with E-state index in [0.29, 0.717) is 23.6 Å². The van der Waals surface area contributed by atoms with Gasteiger partial charge in [-0.3, -0.25) is 29.6 Å². The molecule has 1 atom stereocenters. The summed E-state index contributed by atoms with van der Waals surface area (Å²) in [5.74, 6) is -3.27. The fraction of sp³-hybridized carbons (Fsp3) is 0.346. The van der Waals surface area contributed by atoms with Gasteiger partial charge in [-0.2, -0.15) is 0 Å². The maximum Gasteiger partial charge on any atom is 0.338 e. The van der Waals surface area contributed by atoms with Gasteiger partial charge in [-0.05, 0) is 42.8 Å². The van der Waals surface area contributed by atoms with Gasteiger partial charge in [0.1, 0.15) is 5.75 Å². The Bertz CT molecular complexity index is 1150. The summed E-state index contributed by atoms with van der Waals surface area (Å²) in [6, 6.07) is 12.6. The van der Waals surface area contributed by atoms with Crippen molar-refractivity contribution >= 4 is 35.3 Å². The maximum atomic E-state index is 12.5. The van der Waals surface area contributed by atoms with E-state index in [1.807, 2.05) is 6.92 Å². The van der Waals surface area contributed by atoms with Crippen LogP contribution in [0.3, 0.4) is 0 Å². The quantitative estimate of drug-likeness (QED) is 0.346. The number of hydrogen-bond donors (Lipinski definition) is 2. The van der Waals surface area contributed by atoms with Crippen molar-refractivity contribution in [2.24, 2.45) is 5.92 Å². The van der Waals surface area contributed by atoms with Crippen molar-refractivity contribution in [1.82, 2.24) is 10.4 Å². The van der Waals surface area contributed by atoms with E-state index in [1.54, 1.807) is 24.3 Å². The zero-order chi connectivity index (χ0) is 26.8. The summed E-state index contributed by atoms with van der Waals surface area (Å²) in [4.78, 5) is 61.4. The van der Waals surface area contributed by atoms with Crippen LogP contribution in [0.4, 0.5) is 5.69 Å². The highest BCUT2D eigenvalue weighted by atomic mass is 16.5. The molecule has 0 spiro atoms. The highest BCUT2D eigenvalue weighted by molar-refractivity contribution is 5.99. The highest BCUT2D eigenvalue weighted by Crippen LogP contribution is 2.20. The first kappa shape index (κ1) is 27.2. The van der Waals surface area contributed by atoms with E-state index in [4.69, 9.17) is 14.2 Å². The van der Waals surface area contributed by atoms with Gasteiger partial charge in [-0.15, -0.1) is 0 Å². The smallest absolute Gasteiger partial charge is 0.338 e. The monoisotopic (exact) mass is 511 g/mol. The van der Waals surface area contributed by atoms with Crippen molar-refractivity contribution in [1.29, 1.82) is 0 Å². The number of anilines is 1. The molecule has 0 aromatic heterocycles. The fourth-order valence-electron chi connectivity index (χ4n) is 3.52. The molecule has 0 radical (unpaired) electrons. The number of unbranched alkanes of at least 4 members (excludes halogenated alkanes) is 1. The molecule has 2 N–H and O–H groups in total. The van der Waals surface area contributed by atoms with Crippen molar-refractivity contribution in [2.45, 2.75) is 26.2 Å². The van der Waals surface area contributed by atoms with Gasteiger partial charge in [0, 0.05) is 12.1 Å². The van der Waals surface area contributed by atoms with Gasteiger partial charge in [0.2, 0.25) is 5.91 Å². The second-order valence-electron chi connectivity index (χ2n) is 8.27. The van der Waals surface area contributed by atoms with Crippen molar-refractivity contribution in [3.05, 3.63) is 59.7 Å². The van der Waals surface area contributed by atoms with Gasteiger partial charge in [-0.25, -0.2) is 4.79 Å². The Balaban J connectivity index is 1.44. The summed E-state index contributed by atoms with van der Waals surface area (Å²) < 4.78 is 15.3. The number of carbonyl (C=O) groups excluding carboxylic acids is 5. The first-order valence-corrected chi connectivity index (χ1v) is 11.8. The van der Waals surface area contributed by atoms with Gasteiger partial charge < -0.3 is 19.5 Å². The lowest BCUT2D eigenvalue weighted by molar-refractivity contribution is -0.151. The second-order valence-corrected chi connectivity index (χ2v) is 8.27. The number of methoxy groups -OCH3 is 1. The molecule has 3 amide bonds. The zero-order valence-electron chi connectivity index (χ0n) is 20.7. The molecule has 0 saturated carbocycles. The Morgan fingerprint density at radius 3 is 2.46 bits per heavy atom. The molecule has 3 rings (SSSR count). The van der Waals surface area contributed by atoms with E-state index in [2.05, 4.69) is 10.7 Å². The molecular formula is C26H29N3O8. The minimum atomic E-state index is -0.837. The lowest BCUT2D eigenvalue weighted by Gasteiger charge is -2.18. The number of carbonyl (C=O) groups is 5. The predicted molar refractivity (Wildman–Crippen MR) is 132 cm³/mol. The molecule has 1 aliphatic rings. The number of benzene rings is 2. The molecule has 0 bridgehead atoms. The Hall–Kier alpha value is -4.41. The van der Waals surface area contributed by atoms with Gasteiger partial charge in [0.05, 0.1) is 37.3 Å². The summed E-state index contributed by atoms with van der Waals surface area (Å²) in [5.41, 5.74) is 3.48. The van der Waals surface area contributed by atoms with Crippen LogP contribution in [-0.4, -0.2) is 61.5 Å². The third-order valence-corrected chi connectivity index (χ3v) is 5.53. The van der Waals surface area contributed by atoms with Crippen LogP contribution in [0, 0.1) is 5.92 Å². The number of hydrazine groups is 1. The van der Waals surface area contributed by atoms with Crippen LogP contribution in [0.5, 0.6) is 5.75 Å². The van der Waals surface area contributed by atoms with E-state index < -0.39 is 42.2 Å². The Morgan fingerprint density at radius 1 is 1.03 bits per heavy atom. The van der Waals surface area contributed by atoms with Crippen LogP contribution in [-0.2, 0) is 23.9 Å².